The highest BCUT2D eigenvalue weighted by Crippen LogP contribution is 2.61. The second kappa shape index (κ2) is 9.91. The SMILES string of the molecule is Cc1cc(N2CCN(C(=O)c3ccc4c(n3)C3(CN4c4ccc(Cl)c(F)c4)CC(C)(C)C3)C(C)(C)C2)nc(C)c1C(=O)O. The van der Waals surface area contributed by atoms with Gasteiger partial charge in [0.1, 0.15) is 17.3 Å². The summed E-state index contributed by atoms with van der Waals surface area (Å²) < 4.78 is 14.4. The Morgan fingerprint density at radius 3 is 2.30 bits per heavy atom. The molecule has 6 rings (SSSR count). The molecule has 1 saturated carbocycles. The van der Waals surface area contributed by atoms with Gasteiger partial charge in [0.15, 0.2) is 0 Å². The van der Waals surface area contributed by atoms with Crippen molar-refractivity contribution in [1.82, 2.24) is 14.9 Å². The molecule has 0 unspecified atom stereocenters. The number of halogens is 2. The molecule has 0 radical (unpaired) electrons. The lowest BCUT2D eigenvalue weighted by molar-refractivity contribution is 0.0501. The number of amides is 1. The molecule has 8 nitrogen and oxygen atoms in total. The summed E-state index contributed by atoms with van der Waals surface area (Å²) in [6, 6.07) is 10.4. The summed E-state index contributed by atoms with van der Waals surface area (Å²) in [7, 11) is 0. The van der Waals surface area contributed by atoms with E-state index in [0.29, 0.717) is 48.9 Å². The van der Waals surface area contributed by atoms with E-state index in [1.54, 1.807) is 26.0 Å². The normalized spacial score (nSPS) is 19.8. The van der Waals surface area contributed by atoms with Crippen molar-refractivity contribution in [2.75, 3.05) is 36.0 Å². The van der Waals surface area contributed by atoms with Crippen LogP contribution in [0, 0.1) is 25.1 Å². The molecule has 226 valence electrons. The third-order valence-electron chi connectivity index (χ3n) is 9.26. The molecule has 2 fully saturated rings. The number of aryl methyl sites for hydroxylation is 2. The number of hydrogen-bond acceptors (Lipinski definition) is 6. The van der Waals surface area contributed by atoms with Crippen LogP contribution in [0.25, 0.3) is 0 Å². The minimum atomic E-state index is -0.984. The largest absolute Gasteiger partial charge is 0.478 e. The number of piperazine rings is 1. The molecule has 1 N–H and O–H groups in total. The maximum Gasteiger partial charge on any atom is 0.337 e. The Labute approximate surface area is 256 Å². The number of benzene rings is 1. The number of nitrogens with zero attached hydrogens (tertiary/aromatic N) is 5. The van der Waals surface area contributed by atoms with Crippen LogP contribution in [0.15, 0.2) is 36.4 Å². The zero-order valence-corrected chi connectivity index (χ0v) is 26.2. The van der Waals surface area contributed by atoms with Gasteiger partial charge in [0, 0.05) is 37.3 Å². The van der Waals surface area contributed by atoms with E-state index in [9.17, 15) is 19.1 Å². The number of pyridine rings is 2. The first-order valence-electron chi connectivity index (χ1n) is 14.6. The Hall–Kier alpha value is -3.72. The van der Waals surface area contributed by atoms with Gasteiger partial charge in [0.2, 0.25) is 0 Å². The summed E-state index contributed by atoms with van der Waals surface area (Å²) in [5, 5.41) is 9.62. The molecule has 4 heterocycles. The fraction of sp³-hybridized carbons (Fsp3) is 0.455. The third-order valence-corrected chi connectivity index (χ3v) is 9.57. The Morgan fingerprint density at radius 1 is 0.977 bits per heavy atom. The van der Waals surface area contributed by atoms with Crippen molar-refractivity contribution >= 4 is 40.7 Å². The van der Waals surface area contributed by atoms with Gasteiger partial charge in [-0.25, -0.2) is 19.2 Å². The van der Waals surface area contributed by atoms with Gasteiger partial charge in [-0.15, -0.1) is 0 Å². The minimum absolute atomic E-state index is 0.0859. The van der Waals surface area contributed by atoms with Gasteiger partial charge in [-0.2, -0.15) is 0 Å². The Balaban J connectivity index is 1.28. The number of carbonyl (C=O) groups is 2. The molecule has 10 heteroatoms. The van der Waals surface area contributed by atoms with Crippen LogP contribution in [0.2, 0.25) is 5.02 Å². The van der Waals surface area contributed by atoms with Crippen LogP contribution in [0.1, 0.15) is 78.3 Å². The number of carbonyl (C=O) groups excluding carboxylic acids is 1. The van der Waals surface area contributed by atoms with Gasteiger partial charge in [-0.05, 0) is 87.9 Å². The highest BCUT2D eigenvalue weighted by Gasteiger charge is 2.57. The van der Waals surface area contributed by atoms with Gasteiger partial charge in [0.25, 0.3) is 5.91 Å². The Bertz CT molecular complexity index is 1640. The van der Waals surface area contributed by atoms with Crippen LogP contribution in [-0.4, -0.2) is 63.6 Å². The molecule has 0 bridgehead atoms. The minimum Gasteiger partial charge on any atom is -0.478 e. The first-order chi connectivity index (χ1) is 20.1. The lowest BCUT2D eigenvalue weighted by Crippen LogP contribution is -2.61. The van der Waals surface area contributed by atoms with E-state index in [1.165, 1.54) is 6.07 Å². The fourth-order valence-corrected chi connectivity index (χ4v) is 7.86. The molecule has 1 saturated heterocycles. The standard InChI is InChI=1S/C33H37ClFN5O3/c1-19-13-26(36-20(2)27(19)30(42)43)38-11-12-40(32(5,6)17-38)29(41)24-9-10-25-28(37-24)33(15-31(3,4)16-33)18-39(25)21-7-8-22(34)23(35)14-21/h7-10,13-14H,11-12,15-18H2,1-6H3,(H,42,43). The molecule has 1 spiro atoms. The molecule has 2 aromatic heterocycles. The maximum absolute atomic E-state index is 14.4. The summed E-state index contributed by atoms with van der Waals surface area (Å²) in [5.74, 6) is -0.861. The number of fused-ring (bicyclic) bond motifs is 2. The first-order valence-corrected chi connectivity index (χ1v) is 15.0. The summed E-state index contributed by atoms with van der Waals surface area (Å²) in [6.45, 7) is 14.3. The maximum atomic E-state index is 14.4. The molecule has 3 aliphatic rings. The second-order valence-electron chi connectivity index (χ2n) is 13.8. The van der Waals surface area contributed by atoms with Crippen LogP contribution in [0.4, 0.5) is 21.6 Å². The van der Waals surface area contributed by atoms with E-state index < -0.39 is 17.3 Å². The number of anilines is 3. The zero-order valence-electron chi connectivity index (χ0n) is 25.5. The van der Waals surface area contributed by atoms with Crippen LogP contribution >= 0.6 is 11.6 Å². The molecule has 0 atom stereocenters. The van der Waals surface area contributed by atoms with E-state index in [-0.39, 0.29) is 27.3 Å². The van der Waals surface area contributed by atoms with E-state index in [2.05, 4.69) is 28.6 Å². The smallest absolute Gasteiger partial charge is 0.337 e. The number of carboxylic acid groups (broad SMARTS) is 1. The van der Waals surface area contributed by atoms with Crippen LogP contribution in [0.3, 0.4) is 0 Å². The molecule has 2 aliphatic heterocycles. The Kier molecular flexibility index (Phi) is 6.76. The van der Waals surface area contributed by atoms with Crippen molar-refractivity contribution in [3.8, 4) is 0 Å². The van der Waals surface area contributed by atoms with Crippen LogP contribution < -0.4 is 9.80 Å². The van der Waals surface area contributed by atoms with Gasteiger partial charge >= 0.3 is 5.97 Å². The van der Waals surface area contributed by atoms with E-state index >= 15 is 0 Å². The number of aromatic carboxylic acids is 1. The van der Waals surface area contributed by atoms with E-state index in [4.69, 9.17) is 16.6 Å². The molecule has 1 aliphatic carbocycles. The lowest BCUT2D eigenvalue weighted by Gasteiger charge is -2.51. The molecule has 1 amide bonds. The predicted octanol–water partition coefficient (Wildman–Crippen LogP) is 6.53. The van der Waals surface area contributed by atoms with Crippen LogP contribution in [-0.2, 0) is 5.41 Å². The fourth-order valence-electron chi connectivity index (χ4n) is 7.75. The Morgan fingerprint density at radius 2 is 1.70 bits per heavy atom. The van der Waals surface area contributed by atoms with E-state index in [1.807, 2.05) is 36.9 Å². The van der Waals surface area contributed by atoms with Gasteiger partial charge in [0.05, 0.1) is 33.2 Å². The summed E-state index contributed by atoms with van der Waals surface area (Å²) in [4.78, 5) is 41.4. The monoisotopic (exact) mass is 605 g/mol. The molecular formula is C33H37ClFN5O3. The first kappa shape index (κ1) is 29.4. The summed E-state index contributed by atoms with van der Waals surface area (Å²) in [5.41, 5.74) is 3.72. The van der Waals surface area contributed by atoms with Gasteiger partial charge in [-0.3, -0.25) is 4.79 Å². The quantitative estimate of drug-likeness (QED) is 0.361. The topological polar surface area (TPSA) is 89.9 Å². The van der Waals surface area contributed by atoms with Crippen LogP contribution in [0.5, 0.6) is 0 Å². The van der Waals surface area contributed by atoms with Crippen molar-refractivity contribution in [2.45, 2.75) is 65.3 Å². The third kappa shape index (κ3) is 4.91. The van der Waals surface area contributed by atoms with Crippen molar-refractivity contribution in [1.29, 1.82) is 0 Å². The highest BCUT2D eigenvalue weighted by molar-refractivity contribution is 6.30. The molecule has 1 aromatic carbocycles. The van der Waals surface area contributed by atoms with Crippen molar-refractivity contribution in [3.63, 3.8) is 0 Å². The number of carboxylic acids is 1. The second-order valence-corrected chi connectivity index (χ2v) is 14.2. The summed E-state index contributed by atoms with van der Waals surface area (Å²) >= 11 is 5.97. The van der Waals surface area contributed by atoms with E-state index in [0.717, 1.165) is 29.9 Å². The predicted molar refractivity (Wildman–Crippen MR) is 165 cm³/mol. The van der Waals surface area contributed by atoms with Crippen molar-refractivity contribution in [2.24, 2.45) is 5.41 Å². The molecule has 3 aromatic rings. The zero-order chi connectivity index (χ0) is 31.1. The van der Waals surface area contributed by atoms with Gasteiger partial charge in [-0.1, -0.05) is 25.4 Å². The van der Waals surface area contributed by atoms with Crippen molar-refractivity contribution in [3.05, 3.63) is 75.4 Å². The number of rotatable bonds is 4. The average Bonchev–Trinajstić information content (AvgIpc) is 3.21. The summed E-state index contributed by atoms with van der Waals surface area (Å²) in [6.07, 6.45) is 1.86. The average molecular weight is 606 g/mol. The number of hydrogen-bond donors (Lipinski definition) is 1. The highest BCUT2D eigenvalue weighted by atomic mass is 35.5. The molecular weight excluding hydrogens is 569 g/mol. The van der Waals surface area contributed by atoms with Gasteiger partial charge < -0.3 is 19.8 Å². The molecule has 43 heavy (non-hydrogen) atoms. The lowest BCUT2D eigenvalue weighted by atomic mass is 9.53. The van der Waals surface area contributed by atoms with Crippen molar-refractivity contribution < 1.29 is 19.1 Å². The number of aromatic nitrogens is 2.